The summed E-state index contributed by atoms with van der Waals surface area (Å²) in [5, 5.41) is 4.47. The fraction of sp³-hybridized carbons (Fsp3) is 0.400. The van der Waals surface area contributed by atoms with Crippen molar-refractivity contribution in [2.24, 2.45) is 7.05 Å². The van der Waals surface area contributed by atoms with Gasteiger partial charge in [-0.05, 0) is 23.6 Å². The van der Waals surface area contributed by atoms with Crippen LogP contribution in [0.3, 0.4) is 0 Å². The fourth-order valence-corrected chi connectivity index (χ4v) is 2.41. The van der Waals surface area contributed by atoms with E-state index in [0.717, 1.165) is 17.1 Å². The first-order chi connectivity index (χ1) is 9.40. The zero-order valence-electron chi connectivity index (χ0n) is 12.4. The van der Waals surface area contributed by atoms with E-state index < -0.39 is 0 Å². The Balaban J connectivity index is 2.27. The molecule has 2 rings (SSSR count). The van der Waals surface area contributed by atoms with E-state index in [-0.39, 0.29) is 11.7 Å². The van der Waals surface area contributed by atoms with Crippen molar-refractivity contribution in [3.8, 4) is 0 Å². The van der Waals surface area contributed by atoms with E-state index in [1.807, 2.05) is 25.1 Å². The van der Waals surface area contributed by atoms with Crippen molar-refractivity contribution in [3.05, 3.63) is 41.3 Å². The lowest BCUT2D eigenvalue weighted by Gasteiger charge is -2.20. The van der Waals surface area contributed by atoms with Crippen LogP contribution in [0, 0.1) is 5.82 Å². The predicted octanol–water partition coefficient (Wildman–Crippen LogP) is 2.90. The van der Waals surface area contributed by atoms with E-state index in [9.17, 15) is 4.39 Å². The molecule has 5 heteroatoms. The number of nitrogens with zero attached hydrogens (tertiary/aromatic N) is 3. The third-order valence-corrected chi connectivity index (χ3v) is 3.30. The van der Waals surface area contributed by atoms with Crippen molar-refractivity contribution in [2.45, 2.75) is 26.3 Å². The van der Waals surface area contributed by atoms with E-state index in [2.05, 4.69) is 18.9 Å². The maximum absolute atomic E-state index is 13.2. The second kappa shape index (κ2) is 5.53. The van der Waals surface area contributed by atoms with Crippen LogP contribution in [0.4, 0.5) is 15.9 Å². The molecule has 1 aromatic heterocycles. The van der Waals surface area contributed by atoms with Crippen LogP contribution in [-0.2, 0) is 13.6 Å². The van der Waals surface area contributed by atoms with Crippen LogP contribution in [0.25, 0.3) is 0 Å². The monoisotopic (exact) mass is 276 g/mol. The van der Waals surface area contributed by atoms with Gasteiger partial charge in [0.05, 0.1) is 11.4 Å². The van der Waals surface area contributed by atoms with Gasteiger partial charge >= 0.3 is 0 Å². The molecule has 1 heterocycles. The molecule has 2 aromatic rings. The second-order valence-electron chi connectivity index (χ2n) is 5.39. The molecule has 4 nitrogen and oxygen atoms in total. The molecule has 108 valence electrons. The standard InChI is InChI=1S/C15H21FN4/c1-10(2)14-13(17)15(20(4)18-14)19(3)9-11-6-5-7-12(16)8-11/h5-8,10H,9,17H2,1-4H3. The third kappa shape index (κ3) is 2.76. The molecular weight excluding hydrogens is 255 g/mol. The van der Waals surface area contributed by atoms with Gasteiger partial charge in [0, 0.05) is 20.6 Å². The summed E-state index contributed by atoms with van der Waals surface area (Å²) in [6.07, 6.45) is 0. The highest BCUT2D eigenvalue weighted by molar-refractivity contribution is 5.66. The van der Waals surface area contributed by atoms with Gasteiger partial charge in [-0.15, -0.1) is 0 Å². The van der Waals surface area contributed by atoms with Crippen LogP contribution < -0.4 is 10.6 Å². The molecular formula is C15H21FN4. The van der Waals surface area contributed by atoms with Crippen molar-refractivity contribution in [1.82, 2.24) is 9.78 Å². The van der Waals surface area contributed by atoms with Gasteiger partial charge in [0.2, 0.25) is 0 Å². The normalized spacial score (nSPS) is 11.1. The molecule has 0 amide bonds. The SMILES string of the molecule is CC(C)c1nn(C)c(N(C)Cc2cccc(F)c2)c1N. The van der Waals surface area contributed by atoms with Crippen molar-refractivity contribution in [2.75, 3.05) is 17.7 Å². The molecule has 0 aliphatic heterocycles. The summed E-state index contributed by atoms with van der Waals surface area (Å²) in [6, 6.07) is 6.59. The lowest BCUT2D eigenvalue weighted by atomic mass is 10.1. The van der Waals surface area contributed by atoms with Crippen LogP contribution in [-0.4, -0.2) is 16.8 Å². The zero-order valence-corrected chi connectivity index (χ0v) is 12.4. The minimum atomic E-state index is -0.225. The molecule has 1 aromatic carbocycles. The Bertz CT molecular complexity index is 604. The number of benzene rings is 1. The summed E-state index contributed by atoms with van der Waals surface area (Å²) in [7, 11) is 3.81. The topological polar surface area (TPSA) is 47.1 Å². The molecule has 2 N–H and O–H groups in total. The molecule has 0 aliphatic rings. The number of nitrogen functional groups attached to an aromatic ring is 1. The Kier molecular flexibility index (Phi) is 3.97. The van der Waals surface area contributed by atoms with Crippen molar-refractivity contribution in [1.29, 1.82) is 0 Å². The molecule has 0 aliphatic carbocycles. The van der Waals surface area contributed by atoms with Gasteiger partial charge in [-0.2, -0.15) is 5.10 Å². The van der Waals surface area contributed by atoms with Gasteiger partial charge < -0.3 is 10.6 Å². The average Bonchev–Trinajstić information content (AvgIpc) is 2.65. The van der Waals surface area contributed by atoms with Gasteiger partial charge in [-0.1, -0.05) is 26.0 Å². The average molecular weight is 276 g/mol. The number of aromatic nitrogens is 2. The predicted molar refractivity (Wildman–Crippen MR) is 80.2 cm³/mol. The van der Waals surface area contributed by atoms with Gasteiger partial charge in [-0.3, -0.25) is 4.68 Å². The van der Waals surface area contributed by atoms with E-state index in [1.165, 1.54) is 12.1 Å². The number of aryl methyl sites for hydroxylation is 1. The third-order valence-electron chi connectivity index (χ3n) is 3.30. The molecule has 0 bridgehead atoms. The molecule has 0 unspecified atom stereocenters. The molecule has 0 fully saturated rings. The van der Waals surface area contributed by atoms with Crippen LogP contribution in [0.1, 0.15) is 31.0 Å². The summed E-state index contributed by atoms with van der Waals surface area (Å²) in [5.74, 6) is 0.909. The van der Waals surface area contributed by atoms with Gasteiger partial charge in [0.25, 0.3) is 0 Å². The second-order valence-corrected chi connectivity index (χ2v) is 5.39. The smallest absolute Gasteiger partial charge is 0.150 e. The Morgan fingerprint density at radius 2 is 2.10 bits per heavy atom. The summed E-state index contributed by atoms with van der Waals surface area (Å²) < 4.78 is 15.0. The van der Waals surface area contributed by atoms with Crippen LogP contribution in [0.15, 0.2) is 24.3 Å². The molecule has 0 atom stereocenters. The Labute approximate surface area is 119 Å². The highest BCUT2D eigenvalue weighted by Gasteiger charge is 2.18. The van der Waals surface area contributed by atoms with Gasteiger partial charge in [0.15, 0.2) is 0 Å². The Morgan fingerprint density at radius 1 is 1.40 bits per heavy atom. The lowest BCUT2D eigenvalue weighted by molar-refractivity contribution is 0.624. The summed E-state index contributed by atoms with van der Waals surface area (Å²) in [6.45, 7) is 4.71. The van der Waals surface area contributed by atoms with Crippen LogP contribution in [0.2, 0.25) is 0 Å². The van der Waals surface area contributed by atoms with Crippen LogP contribution in [0.5, 0.6) is 0 Å². The van der Waals surface area contributed by atoms with E-state index >= 15 is 0 Å². The van der Waals surface area contributed by atoms with Crippen molar-refractivity contribution < 1.29 is 4.39 Å². The Morgan fingerprint density at radius 3 is 2.65 bits per heavy atom. The molecule has 0 saturated heterocycles. The first-order valence-electron chi connectivity index (χ1n) is 6.68. The molecule has 0 saturated carbocycles. The van der Waals surface area contributed by atoms with E-state index in [1.54, 1.807) is 10.7 Å². The van der Waals surface area contributed by atoms with E-state index in [0.29, 0.717) is 12.2 Å². The maximum Gasteiger partial charge on any atom is 0.150 e. The van der Waals surface area contributed by atoms with Crippen LogP contribution >= 0.6 is 0 Å². The summed E-state index contributed by atoms with van der Waals surface area (Å²) in [5.41, 5.74) is 8.69. The molecule has 20 heavy (non-hydrogen) atoms. The number of halogens is 1. The number of anilines is 2. The number of rotatable bonds is 4. The highest BCUT2D eigenvalue weighted by atomic mass is 19.1. The first kappa shape index (κ1) is 14.4. The summed E-state index contributed by atoms with van der Waals surface area (Å²) >= 11 is 0. The van der Waals surface area contributed by atoms with E-state index in [4.69, 9.17) is 5.73 Å². The van der Waals surface area contributed by atoms with Gasteiger partial charge in [-0.25, -0.2) is 4.39 Å². The highest BCUT2D eigenvalue weighted by Crippen LogP contribution is 2.30. The first-order valence-corrected chi connectivity index (χ1v) is 6.68. The Hall–Kier alpha value is -2.04. The summed E-state index contributed by atoms with van der Waals surface area (Å²) in [4.78, 5) is 1.99. The zero-order chi connectivity index (χ0) is 14.9. The minimum absolute atomic E-state index is 0.225. The number of hydrogen-bond acceptors (Lipinski definition) is 3. The molecule has 0 radical (unpaired) electrons. The fourth-order valence-electron chi connectivity index (χ4n) is 2.41. The lowest BCUT2D eigenvalue weighted by Crippen LogP contribution is -2.20. The number of hydrogen-bond donors (Lipinski definition) is 1. The minimum Gasteiger partial charge on any atom is -0.394 e. The quantitative estimate of drug-likeness (QED) is 0.934. The van der Waals surface area contributed by atoms with Crippen molar-refractivity contribution in [3.63, 3.8) is 0 Å². The maximum atomic E-state index is 13.2. The van der Waals surface area contributed by atoms with Gasteiger partial charge in [0.1, 0.15) is 11.6 Å². The largest absolute Gasteiger partial charge is 0.394 e. The number of nitrogens with two attached hydrogens (primary N) is 1. The van der Waals surface area contributed by atoms with Crippen molar-refractivity contribution >= 4 is 11.5 Å². The molecule has 0 spiro atoms.